The van der Waals surface area contributed by atoms with Gasteiger partial charge in [0.05, 0.1) is 34.2 Å². The monoisotopic (exact) mass is 655 g/mol. The van der Waals surface area contributed by atoms with Crippen molar-refractivity contribution in [3.05, 3.63) is 27.4 Å². The van der Waals surface area contributed by atoms with Gasteiger partial charge in [0, 0.05) is 12.3 Å². The number of phosphoric acid groups is 1. The molecule has 2 unspecified atom stereocenters. The number of ether oxygens (including phenoxy) is 1. The van der Waals surface area contributed by atoms with Crippen molar-refractivity contribution in [1.82, 2.24) is 9.55 Å². The van der Waals surface area contributed by atoms with Crippen molar-refractivity contribution < 1.29 is 46.4 Å². The first-order valence-corrected chi connectivity index (χ1v) is 17.1. The summed E-state index contributed by atoms with van der Waals surface area (Å²) in [6.07, 6.45) is 7.10. The van der Waals surface area contributed by atoms with Crippen molar-refractivity contribution in [3.63, 3.8) is 0 Å². The highest BCUT2D eigenvalue weighted by Gasteiger charge is 2.53. The van der Waals surface area contributed by atoms with E-state index in [9.17, 15) is 34.7 Å². The second kappa shape index (κ2) is 18.8. The summed E-state index contributed by atoms with van der Waals surface area (Å²) in [5.41, 5.74) is 3.15. The Morgan fingerprint density at radius 1 is 1.14 bits per heavy atom. The van der Waals surface area contributed by atoms with E-state index in [2.05, 4.69) is 16.4 Å². The van der Waals surface area contributed by atoms with Crippen LogP contribution in [0, 0.1) is 4.77 Å². The van der Waals surface area contributed by atoms with Crippen LogP contribution in [0.4, 0.5) is 0 Å². The molecule has 250 valence electrons. The van der Waals surface area contributed by atoms with E-state index in [-0.39, 0.29) is 11.2 Å². The van der Waals surface area contributed by atoms with Crippen LogP contribution in [-0.2, 0) is 18.3 Å². The van der Waals surface area contributed by atoms with Gasteiger partial charge < -0.3 is 35.8 Å². The number of nitrogens with zero attached hydrogens (tertiary/aromatic N) is 1. The van der Waals surface area contributed by atoms with E-state index < -0.39 is 68.8 Å². The van der Waals surface area contributed by atoms with Crippen LogP contribution in [-0.4, -0.2) is 84.1 Å². The van der Waals surface area contributed by atoms with Crippen molar-refractivity contribution in [3.8, 4) is 0 Å². The van der Waals surface area contributed by atoms with Gasteiger partial charge in [-0.2, -0.15) is 0 Å². The van der Waals surface area contributed by atoms with Crippen LogP contribution in [0.2, 0.25) is 0 Å². The Hall–Kier alpha value is -1.03. The fourth-order valence-electron chi connectivity index (χ4n) is 4.93. The molecule has 1 aromatic heterocycles. The molecule has 0 spiro atoms. The number of rotatable bonds is 22. The Morgan fingerprint density at radius 3 is 2.26 bits per heavy atom. The third kappa shape index (κ3) is 12.7. The highest BCUT2D eigenvalue weighted by Crippen LogP contribution is 2.45. The first kappa shape index (κ1) is 34.8. The van der Waals surface area contributed by atoms with Gasteiger partial charge in [-0.3, -0.25) is 23.4 Å². The van der Waals surface area contributed by atoms with Gasteiger partial charge in [0.25, 0.3) is 5.56 Å². The number of aliphatic hydroxyl groups is 4. The normalized spacial score (nSPS) is 26.8. The molecule has 0 amide bonds. The number of hydrogen-bond acceptors (Lipinski definition) is 11. The highest BCUT2D eigenvalue weighted by atomic mass is 32.1. The first-order chi connectivity index (χ1) is 21.0. The zero-order valence-corrected chi connectivity index (χ0v) is 26.9. The van der Waals surface area contributed by atoms with Crippen molar-refractivity contribution in [2.75, 3.05) is 13.2 Å². The van der Waals surface area contributed by atoms with Crippen LogP contribution in [0.15, 0.2) is 17.1 Å². The molecule has 43 heavy (non-hydrogen) atoms. The van der Waals surface area contributed by atoms with Crippen molar-refractivity contribution >= 4 is 20.0 Å². The minimum Gasteiger partial charge on any atom is -0.390 e. The number of aliphatic hydroxyl groups excluding tert-OH is 3. The van der Waals surface area contributed by atoms with Gasteiger partial charge in [-0.15, -0.1) is 0 Å². The number of nitrogens with one attached hydrogen (secondary N) is 1. The van der Waals surface area contributed by atoms with E-state index in [0.717, 1.165) is 36.8 Å². The Bertz CT molecular complexity index is 1190. The van der Waals surface area contributed by atoms with Crippen molar-refractivity contribution in [2.45, 2.75) is 140 Å². The molecule has 1 fully saturated rings. The summed E-state index contributed by atoms with van der Waals surface area (Å²) in [6, 6.07) is -0.226. The lowest BCUT2D eigenvalue weighted by molar-refractivity contribution is -0.0979. The van der Waals surface area contributed by atoms with E-state index in [1.165, 1.54) is 57.6 Å². The lowest BCUT2D eigenvalue weighted by Crippen LogP contribution is -2.45. The number of unbranched alkanes of at least 4 members (excludes halogenated alkanes) is 11. The Labute approximate surface area is 261 Å². The zero-order valence-electron chi connectivity index (χ0n) is 27.2. The molecule has 0 radical (unpaired) electrons. The molecule has 2 rings (SSSR count). The fourth-order valence-corrected chi connectivity index (χ4v) is 5.84. The number of nitrogens with two attached hydrogens (primary N) is 1. The molecule has 8 N–H and O–H groups in total. The Kier molecular flexibility index (Phi) is 15.2. The molecule has 0 saturated carbocycles. The third-order valence-corrected chi connectivity index (χ3v) is 8.79. The second-order valence-electron chi connectivity index (χ2n) is 11.5. The molecule has 1 aliphatic heterocycles. The van der Waals surface area contributed by atoms with Crippen LogP contribution in [0.1, 0.15) is 106 Å². The van der Waals surface area contributed by atoms with Crippen molar-refractivity contribution in [1.29, 1.82) is 0 Å². The maximum absolute atomic E-state index is 12.6. The van der Waals surface area contributed by atoms with Gasteiger partial charge in [-0.05, 0) is 25.6 Å². The van der Waals surface area contributed by atoms with E-state index in [1.807, 2.05) is 0 Å². The Balaban J connectivity index is 1.77. The third-order valence-electron chi connectivity index (χ3n) is 7.67. The molecule has 13 nitrogen and oxygen atoms in total. The topological polar surface area (TPSA) is 210 Å². The number of phosphoric ester groups is 1. The summed E-state index contributed by atoms with van der Waals surface area (Å²) >= 11 is 5.06. The minimum atomic E-state index is -5.21. The van der Waals surface area contributed by atoms with E-state index >= 15 is 0 Å². The van der Waals surface area contributed by atoms with Crippen LogP contribution < -0.4 is 11.3 Å². The van der Waals surface area contributed by atoms with E-state index in [4.69, 9.17) is 30.0 Å². The minimum absolute atomic E-state index is 0.188. The van der Waals surface area contributed by atoms with Crippen LogP contribution >= 0.6 is 20.0 Å². The summed E-state index contributed by atoms with van der Waals surface area (Å²) in [6.45, 7) is -0.616. The summed E-state index contributed by atoms with van der Waals surface area (Å²) in [5.74, 6) is 0. The van der Waals surface area contributed by atoms with Crippen LogP contribution in [0.5, 0.6) is 0 Å². The van der Waals surface area contributed by atoms with Gasteiger partial charge in [-0.1, -0.05) is 84.0 Å². The van der Waals surface area contributed by atoms with Gasteiger partial charge in [0.15, 0.2) is 11.0 Å². The maximum atomic E-state index is 12.6. The van der Waals surface area contributed by atoms with Crippen LogP contribution in [0.25, 0.3) is 0 Å². The predicted octanol–water partition coefficient (Wildman–Crippen LogP) is 3.19. The molecule has 15 heteroatoms. The molecule has 1 saturated heterocycles. The molecule has 8 atom stereocenters. The van der Waals surface area contributed by atoms with Gasteiger partial charge in [0.1, 0.15) is 17.8 Å². The second-order valence-corrected chi connectivity index (χ2v) is 13.2. The van der Waals surface area contributed by atoms with Crippen LogP contribution in [0.3, 0.4) is 0 Å². The summed E-state index contributed by atoms with van der Waals surface area (Å²) in [4.78, 5) is 24.0. The summed E-state index contributed by atoms with van der Waals surface area (Å²) in [5, 5.41) is 42.2. The summed E-state index contributed by atoms with van der Waals surface area (Å²) < 4.78 is 44.8. The standard InChI is InChI=1S/C28H52N3O10PS/c1-3-4-5-6-7-8-9-10-11-12-13-14-15-21(32)24(34)20(29)18-39-42(37,38)40-19-22-25(35)28(2,36)26(41-22)31-17-16-23(33)30-27(31)43/h16-17,20-22,24-26,32,34-36H,3-15,18-19,29H2,1-2H3,(H,37,38)(H,30,33,43)/t20-,21+,22+,24-,25-,26+,28?/m0/s1/i19D2. The average Bonchev–Trinajstić information content (AvgIpc) is 3.20. The molecule has 0 bridgehead atoms. The average molecular weight is 656 g/mol. The number of hydrogen-bond donors (Lipinski definition) is 7. The Morgan fingerprint density at radius 2 is 1.70 bits per heavy atom. The molecule has 1 aliphatic rings. The molecule has 0 aromatic carbocycles. The number of H-pyrrole nitrogens is 1. The van der Waals surface area contributed by atoms with Gasteiger partial charge in [-0.25, -0.2) is 4.57 Å². The number of aromatic nitrogens is 2. The molecular formula is C28H52N3O10PS. The maximum Gasteiger partial charge on any atom is 0.472 e. The first-order valence-electron chi connectivity index (χ1n) is 16.2. The van der Waals surface area contributed by atoms with Gasteiger partial charge >= 0.3 is 7.82 Å². The quantitative estimate of drug-likeness (QED) is 0.0546. The lowest BCUT2D eigenvalue weighted by atomic mass is 9.96. The largest absolute Gasteiger partial charge is 0.472 e. The predicted molar refractivity (Wildman–Crippen MR) is 164 cm³/mol. The van der Waals surface area contributed by atoms with E-state index in [1.54, 1.807) is 0 Å². The summed E-state index contributed by atoms with van der Waals surface area (Å²) in [7, 11) is -5.21. The highest BCUT2D eigenvalue weighted by molar-refractivity contribution is 7.71. The van der Waals surface area contributed by atoms with Crippen molar-refractivity contribution in [2.24, 2.45) is 5.73 Å². The smallest absolute Gasteiger partial charge is 0.390 e. The molecular weight excluding hydrogens is 601 g/mol. The lowest BCUT2D eigenvalue weighted by Gasteiger charge is -2.28. The zero-order chi connectivity index (χ0) is 33.8. The molecule has 0 aliphatic carbocycles. The number of aromatic amines is 1. The fraction of sp³-hybridized carbons (Fsp3) is 0.857. The molecule has 2 heterocycles. The SMILES string of the molecule is [2H]C([2H])(OP(=O)(O)OC[C@H](N)[C@H](O)[C@H](O)CCCCCCCCCCCCCC)[C@H]1O[C@@H](n2ccc(=O)[nH]c2=S)C(C)(O)[C@H]1O. The molecule has 1 aromatic rings. The van der Waals surface area contributed by atoms with Gasteiger partial charge in [0.2, 0.25) is 0 Å². The van der Waals surface area contributed by atoms with E-state index in [0.29, 0.717) is 6.42 Å².